The van der Waals surface area contributed by atoms with Gasteiger partial charge in [-0.15, -0.1) is 0 Å². The molecule has 0 atom stereocenters. The first kappa shape index (κ1) is 29.5. The van der Waals surface area contributed by atoms with Crippen LogP contribution >= 0.6 is 0 Å². The van der Waals surface area contributed by atoms with E-state index in [9.17, 15) is 18.0 Å². The minimum Gasteiger partial charge on any atom is -0.497 e. The molecule has 0 aliphatic carbocycles. The summed E-state index contributed by atoms with van der Waals surface area (Å²) in [5.74, 6) is -1.59. The SMILES string of the molecule is COc1ccc(-n2nccc2-c2nc(C(=O)NCCCN3CCOCC3)c3cnccn23)cc1.O=C(O)C(F)(F)F. The number of benzene rings is 1. The number of nitrogens with zero attached hydrogens (tertiary/aromatic N) is 6. The average molecular weight is 576 g/mol. The van der Waals surface area contributed by atoms with E-state index in [2.05, 4.69) is 20.3 Å². The van der Waals surface area contributed by atoms with Gasteiger partial charge in [0, 0.05) is 32.0 Å². The van der Waals surface area contributed by atoms with Crippen LogP contribution in [0.1, 0.15) is 16.9 Å². The van der Waals surface area contributed by atoms with Crippen molar-refractivity contribution in [2.75, 3.05) is 46.5 Å². The van der Waals surface area contributed by atoms with Crippen LogP contribution in [0.25, 0.3) is 22.7 Å². The van der Waals surface area contributed by atoms with Gasteiger partial charge in [-0.2, -0.15) is 18.3 Å². The highest BCUT2D eigenvalue weighted by Gasteiger charge is 2.38. The molecule has 218 valence electrons. The molecule has 41 heavy (non-hydrogen) atoms. The molecule has 1 aliphatic rings. The smallest absolute Gasteiger partial charge is 0.490 e. The summed E-state index contributed by atoms with van der Waals surface area (Å²) >= 11 is 0. The second-order valence-electron chi connectivity index (χ2n) is 8.81. The van der Waals surface area contributed by atoms with Gasteiger partial charge in [-0.25, -0.2) is 14.5 Å². The van der Waals surface area contributed by atoms with Crippen LogP contribution in [-0.4, -0.2) is 98.7 Å². The van der Waals surface area contributed by atoms with Gasteiger partial charge in [0.25, 0.3) is 5.91 Å². The first-order valence-electron chi connectivity index (χ1n) is 12.6. The van der Waals surface area contributed by atoms with E-state index >= 15 is 0 Å². The van der Waals surface area contributed by atoms with Crippen molar-refractivity contribution < 1.29 is 37.3 Å². The highest BCUT2D eigenvalue weighted by atomic mass is 19.4. The number of imidazole rings is 1. The van der Waals surface area contributed by atoms with Crippen molar-refractivity contribution in [2.45, 2.75) is 12.6 Å². The molecule has 0 radical (unpaired) electrons. The highest BCUT2D eigenvalue weighted by Crippen LogP contribution is 2.25. The number of aromatic nitrogens is 5. The molecule has 1 fully saturated rings. The van der Waals surface area contributed by atoms with Gasteiger partial charge < -0.3 is 19.9 Å². The second kappa shape index (κ2) is 13.2. The fourth-order valence-corrected chi connectivity index (χ4v) is 4.10. The number of ether oxygens (including phenoxy) is 2. The molecule has 2 N–H and O–H groups in total. The minimum atomic E-state index is -5.08. The predicted octanol–water partition coefficient (Wildman–Crippen LogP) is 2.68. The van der Waals surface area contributed by atoms with Crippen molar-refractivity contribution >= 4 is 17.4 Å². The van der Waals surface area contributed by atoms with E-state index in [0.29, 0.717) is 23.6 Å². The Kier molecular flexibility index (Phi) is 9.52. The Balaban J connectivity index is 0.000000493. The maximum absolute atomic E-state index is 13.0. The van der Waals surface area contributed by atoms with Crippen molar-refractivity contribution in [3.63, 3.8) is 0 Å². The topological polar surface area (TPSA) is 136 Å². The van der Waals surface area contributed by atoms with Crippen LogP contribution in [0.2, 0.25) is 0 Å². The van der Waals surface area contributed by atoms with E-state index in [1.165, 1.54) is 0 Å². The summed E-state index contributed by atoms with van der Waals surface area (Å²) in [6, 6.07) is 9.49. The summed E-state index contributed by atoms with van der Waals surface area (Å²) in [6.45, 7) is 4.94. The molecule has 1 amide bonds. The number of carbonyl (C=O) groups excluding carboxylic acids is 1. The van der Waals surface area contributed by atoms with Crippen LogP contribution in [0.5, 0.6) is 5.75 Å². The van der Waals surface area contributed by atoms with Gasteiger partial charge in [-0.1, -0.05) is 0 Å². The van der Waals surface area contributed by atoms with Crippen LogP contribution in [0.4, 0.5) is 13.2 Å². The molecule has 1 aliphatic heterocycles. The molecule has 4 aromatic rings. The van der Waals surface area contributed by atoms with E-state index in [4.69, 9.17) is 24.4 Å². The van der Waals surface area contributed by atoms with Crippen LogP contribution in [0.15, 0.2) is 55.1 Å². The lowest BCUT2D eigenvalue weighted by atomic mass is 10.3. The van der Waals surface area contributed by atoms with E-state index in [1.807, 2.05) is 34.7 Å². The maximum Gasteiger partial charge on any atom is 0.490 e. The lowest BCUT2D eigenvalue weighted by molar-refractivity contribution is -0.192. The monoisotopic (exact) mass is 575 g/mol. The maximum atomic E-state index is 13.0. The Morgan fingerprint density at radius 3 is 2.49 bits per heavy atom. The predicted molar refractivity (Wildman–Crippen MR) is 140 cm³/mol. The third-order valence-electron chi connectivity index (χ3n) is 6.13. The number of carbonyl (C=O) groups is 2. The number of amides is 1. The Morgan fingerprint density at radius 2 is 1.83 bits per heavy atom. The first-order chi connectivity index (χ1) is 19.7. The van der Waals surface area contributed by atoms with Crippen molar-refractivity contribution in [2.24, 2.45) is 0 Å². The van der Waals surface area contributed by atoms with E-state index in [0.717, 1.165) is 56.4 Å². The number of morpholine rings is 1. The van der Waals surface area contributed by atoms with Crippen molar-refractivity contribution in [3.05, 3.63) is 60.8 Å². The number of hydrogen-bond donors (Lipinski definition) is 2. The van der Waals surface area contributed by atoms with Gasteiger partial charge in [0.05, 0.1) is 43.9 Å². The third kappa shape index (κ3) is 7.37. The van der Waals surface area contributed by atoms with Crippen LogP contribution in [0.3, 0.4) is 0 Å². The fourth-order valence-electron chi connectivity index (χ4n) is 4.10. The second-order valence-corrected chi connectivity index (χ2v) is 8.81. The summed E-state index contributed by atoms with van der Waals surface area (Å²) in [7, 11) is 1.63. The largest absolute Gasteiger partial charge is 0.497 e. The van der Waals surface area contributed by atoms with Gasteiger partial charge in [0.1, 0.15) is 11.4 Å². The number of hydrogen-bond acceptors (Lipinski definition) is 8. The molecule has 12 nitrogen and oxygen atoms in total. The third-order valence-corrected chi connectivity index (χ3v) is 6.13. The molecule has 0 bridgehead atoms. The van der Waals surface area contributed by atoms with Crippen molar-refractivity contribution in [3.8, 4) is 23.0 Å². The standard InChI is InChI=1S/C24H27N7O3.C2HF3O2/c1-33-19-5-3-18(4-6-19)31-20(7-9-27-31)23-28-22(21-17-25-10-12-30(21)23)24(32)26-8-2-11-29-13-15-34-16-14-29;3-2(4,5)1(6)7/h3-7,9-10,12,17H,2,8,11,13-16H2,1H3,(H,26,32);(H,6,7). The zero-order chi connectivity index (χ0) is 29.4. The van der Waals surface area contributed by atoms with Gasteiger partial charge in [-0.05, 0) is 43.3 Å². The summed E-state index contributed by atoms with van der Waals surface area (Å²) in [6.07, 6.45) is 2.64. The average Bonchev–Trinajstić information content (AvgIpc) is 3.61. The molecular formula is C26H28F3N7O5. The number of aliphatic carboxylic acids is 1. The summed E-state index contributed by atoms with van der Waals surface area (Å²) in [5.41, 5.74) is 2.61. The molecule has 4 heterocycles. The quantitative estimate of drug-likeness (QED) is 0.304. The number of nitrogens with one attached hydrogen (secondary N) is 1. The molecule has 0 spiro atoms. The van der Waals surface area contributed by atoms with Crippen molar-refractivity contribution in [1.82, 2.24) is 34.4 Å². The summed E-state index contributed by atoms with van der Waals surface area (Å²) in [5, 5.41) is 14.6. The molecule has 15 heteroatoms. The minimum absolute atomic E-state index is 0.214. The number of rotatable bonds is 8. The molecule has 3 aromatic heterocycles. The fraction of sp³-hybridized carbons (Fsp3) is 0.346. The summed E-state index contributed by atoms with van der Waals surface area (Å²) < 4.78 is 46.0. The first-order valence-corrected chi connectivity index (χ1v) is 12.6. The van der Waals surface area contributed by atoms with Gasteiger partial charge >= 0.3 is 12.1 Å². The Morgan fingerprint density at radius 1 is 1.12 bits per heavy atom. The lowest BCUT2D eigenvalue weighted by Crippen LogP contribution is -2.38. The van der Waals surface area contributed by atoms with Gasteiger partial charge in [0.15, 0.2) is 11.5 Å². The lowest BCUT2D eigenvalue weighted by Gasteiger charge is -2.26. The normalized spacial score (nSPS) is 13.9. The number of methoxy groups -OCH3 is 1. The van der Waals surface area contributed by atoms with E-state index < -0.39 is 12.1 Å². The molecule has 1 saturated heterocycles. The molecule has 0 saturated carbocycles. The van der Waals surface area contributed by atoms with Crippen LogP contribution in [0, 0.1) is 0 Å². The number of fused-ring (bicyclic) bond motifs is 1. The zero-order valence-electron chi connectivity index (χ0n) is 22.0. The van der Waals surface area contributed by atoms with Gasteiger partial charge in [-0.3, -0.25) is 19.1 Å². The summed E-state index contributed by atoms with van der Waals surface area (Å²) in [4.78, 5) is 33.2. The Labute approximate surface area is 232 Å². The molecule has 0 unspecified atom stereocenters. The molecule has 1 aromatic carbocycles. The Bertz CT molecular complexity index is 1460. The number of halogens is 3. The Hall–Kier alpha value is -4.50. The molecular weight excluding hydrogens is 547 g/mol. The van der Waals surface area contributed by atoms with Crippen LogP contribution in [-0.2, 0) is 9.53 Å². The van der Waals surface area contributed by atoms with Crippen LogP contribution < -0.4 is 10.1 Å². The van der Waals surface area contributed by atoms with E-state index in [1.54, 1.807) is 36.6 Å². The zero-order valence-corrected chi connectivity index (χ0v) is 22.0. The molecule has 5 rings (SSSR count). The highest BCUT2D eigenvalue weighted by molar-refractivity contribution is 5.99. The number of alkyl halides is 3. The van der Waals surface area contributed by atoms with Crippen molar-refractivity contribution in [1.29, 1.82) is 0 Å². The number of carboxylic acid groups (broad SMARTS) is 1. The van der Waals surface area contributed by atoms with E-state index in [-0.39, 0.29) is 5.91 Å². The van der Waals surface area contributed by atoms with Gasteiger partial charge in [0.2, 0.25) is 0 Å². The number of carboxylic acids is 1.